The quantitative estimate of drug-likeness (QED) is 0.792. The number of rotatable bonds is 3. The second-order valence-corrected chi connectivity index (χ2v) is 5.32. The first-order chi connectivity index (χ1) is 10.3. The number of furan rings is 1. The van der Waals surface area contributed by atoms with Crippen LogP contribution < -0.4 is 4.74 Å². The summed E-state index contributed by atoms with van der Waals surface area (Å²) in [5.74, 6) is 2.19. The van der Waals surface area contributed by atoms with Crippen LogP contribution in [-0.2, 0) is 4.79 Å². The number of ether oxygens (including phenoxy) is 1. The van der Waals surface area contributed by atoms with Gasteiger partial charge < -0.3 is 9.15 Å². The number of Topliss-reactive ketones (excluding diaryl/α,β-unsaturated/α-hetero) is 1. The lowest BCUT2D eigenvalue weighted by Crippen LogP contribution is -2.15. The summed E-state index contributed by atoms with van der Waals surface area (Å²) < 4.78 is 10.6. The van der Waals surface area contributed by atoms with E-state index in [0.717, 1.165) is 35.5 Å². The molecule has 0 amide bonds. The fourth-order valence-electron chi connectivity index (χ4n) is 2.75. The van der Waals surface area contributed by atoms with Crippen LogP contribution in [0.3, 0.4) is 0 Å². The Balaban J connectivity index is 1.72. The SMILES string of the molecule is COc1ccc(/C=C2/CCC(c3ccco3)CC2=O)cc1. The zero-order valence-corrected chi connectivity index (χ0v) is 12.0. The van der Waals surface area contributed by atoms with Gasteiger partial charge in [0, 0.05) is 12.3 Å². The van der Waals surface area contributed by atoms with Crippen molar-refractivity contribution in [2.45, 2.75) is 25.2 Å². The molecule has 3 heteroatoms. The molecule has 108 valence electrons. The van der Waals surface area contributed by atoms with Gasteiger partial charge in [-0.05, 0) is 54.3 Å². The molecule has 2 aromatic rings. The fraction of sp³-hybridized carbons (Fsp3) is 0.278. The highest BCUT2D eigenvalue weighted by molar-refractivity contribution is 6.00. The van der Waals surface area contributed by atoms with Crippen LogP contribution in [0.1, 0.15) is 36.5 Å². The molecule has 0 radical (unpaired) electrons. The molecular weight excluding hydrogens is 264 g/mol. The number of hydrogen-bond acceptors (Lipinski definition) is 3. The van der Waals surface area contributed by atoms with Gasteiger partial charge in [0.1, 0.15) is 11.5 Å². The molecule has 0 aliphatic heterocycles. The molecule has 1 fully saturated rings. The third-order valence-corrected chi connectivity index (χ3v) is 3.95. The van der Waals surface area contributed by atoms with E-state index in [2.05, 4.69) is 0 Å². The summed E-state index contributed by atoms with van der Waals surface area (Å²) in [6, 6.07) is 11.6. The molecule has 1 aliphatic carbocycles. The van der Waals surface area contributed by atoms with E-state index in [1.165, 1.54) is 0 Å². The molecule has 3 rings (SSSR count). The summed E-state index contributed by atoms with van der Waals surface area (Å²) in [7, 11) is 1.65. The van der Waals surface area contributed by atoms with Crippen molar-refractivity contribution in [3.8, 4) is 5.75 Å². The van der Waals surface area contributed by atoms with E-state index in [4.69, 9.17) is 9.15 Å². The highest BCUT2D eigenvalue weighted by atomic mass is 16.5. The molecule has 1 aromatic heterocycles. The standard InChI is InChI=1S/C18H18O3/c1-20-16-8-4-13(5-9-16)11-14-6-7-15(12-17(14)19)18-3-2-10-21-18/h2-5,8-11,15H,6-7,12H2,1H3/b14-11-. The van der Waals surface area contributed by atoms with Gasteiger partial charge in [-0.1, -0.05) is 12.1 Å². The second-order valence-electron chi connectivity index (χ2n) is 5.32. The van der Waals surface area contributed by atoms with Crippen molar-refractivity contribution < 1.29 is 13.9 Å². The van der Waals surface area contributed by atoms with Gasteiger partial charge in [-0.2, -0.15) is 0 Å². The summed E-state index contributed by atoms with van der Waals surface area (Å²) >= 11 is 0. The average molecular weight is 282 g/mol. The van der Waals surface area contributed by atoms with Crippen LogP contribution in [0.5, 0.6) is 5.75 Å². The fourth-order valence-corrected chi connectivity index (χ4v) is 2.75. The number of benzene rings is 1. The van der Waals surface area contributed by atoms with Crippen molar-refractivity contribution in [1.29, 1.82) is 0 Å². The Morgan fingerprint density at radius 2 is 2.05 bits per heavy atom. The topological polar surface area (TPSA) is 39.4 Å². The number of hydrogen-bond donors (Lipinski definition) is 0. The summed E-state index contributed by atoms with van der Waals surface area (Å²) in [6.45, 7) is 0. The Hall–Kier alpha value is -2.29. The largest absolute Gasteiger partial charge is 0.497 e. The van der Waals surface area contributed by atoms with Crippen LogP contribution in [0.4, 0.5) is 0 Å². The van der Waals surface area contributed by atoms with Gasteiger partial charge in [0.2, 0.25) is 0 Å². The monoisotopic (exact) mass is 282 g/mol. The number of allylic oxidation sites excluding steroid dienone is 1. The van der Waals surface area contributed by atoms with E-state index in [-0.39, 0.29) is 11.7 Å². The van der Waals surface area contributed by atoms with E-state index in [9.17, 15) is 4.79 Å². The maximum absolute atomic E-state index is 12.3. The van der Waals surface area contributed by atoms with Gasteiger partial charge in [0.05, 0.1) is 13.4 Å². The molecule has 1 saturated carbocycles. The van der Waals surface area contributed by atoms with E-state index < -0.39 is 0 Å². The molecule has 3 nitrogen and oxygen atoms in total. The third kappa shape index (κ3) is 3.07. The number of carbonyl (C=O) groups is 1. The molecule has 1 atom stereocenters. The molecule has 1 aliphatic rings. The molecule has 0 spiro atoms. The first kappa shape index (κ1) is 13.7. The van der Waals surface area contributed by atoms with Gasteiger partial charge >= 0.3 is 0 Å². The average Bonchev–Trinajstić information content (AvgIpc) is 3.04. The van der Waals surface area contributed by atoms with Gasteiger partial charge in [-0.15, -0.1) is 0 Å². The van der Waals surface area contributed by atoms with Crippen LogP contribution in [0.15, 0.2) is 52.7 Å². The van der Waals surface area contributed by atoms with Gasteiger partial charge in [-0.3, -0.25) is 4.79 Å². The minimum atomic E-state index is 0.221. The van der Waals surface area contributed by atoms with Crippen molar-refractivity contribution in [3.05, 3.63) is 59.6 Å². The first-order valence-corrected chi connectivity index (χ1v) is 7.17. The number of carbonyl (C=O) groups excluding carboxylic acids is 1. The minimum absolute atomic E-state index is 0.221. The Kier molecular flexibility index (Phi) is 3.91. The molecule has 0 N–H and O–H groups in total. The Labute approximate surface area is 124 Å². The third-order valence-electron chi connectivity index (χ3n) is 3.95. The Morgan fingerprint density at radius 1 is 1.24 bits per heavy atom. The van der Waals surface area contributed by atoms with Gasteiger partial charge in [-0.25, -0.2) is 0 Å². The maximum Gasteiger partial charge on any atom is 0.159 e. The zero-order chi connectivity index (χ0) is 14.7. The van der Waals surface area contributed by atoms with Crippen LogP contribution in [-0.4, -0.2) is 12.9 Å². The molecule has 1 heterocycles. The van der Waals surface area contributed by atoms with Crippen LogP contribution in [0.25, 0.3) is 6.08 Å². The summed E-state index contributed by atoms with van der Waals surface area (Å²) in [5, 5.41) is 0. The lowest BCUT2D eigenvalue weighted by Gasteiger charge is -2.21. The van der Waals surface area contributed by atoms with Gasteiger partial charge in [0.25, 0.3) is 0 Å². The molecule has 0 saturated heterocycles. The Bertz CT molecular complexity index is 636. The predicted molar refractivity (Wildman–Crippen MR) is 81.3 cm³/mol. The van der Waals surface area contributed by atoms with Crippen LogP contribution in [0, 0.1) is 0 Å². The van der Waals surface area contributed by atoms with Crippen molar-refractivity contribution in [2.24, 2.45) is 0 Å². The lowest BCUT2D eigenvalue weighted by molar-refractivity contribution is -0.116. The van der Waals surface area contributed by atoms with Gasteiger partial charge in [0.15, 0.2) is 5.78 Å². The van der Waals surface area contributed by atoms with E-state index >= 15 is 0 Å². The molecule has 1 unspecified atom stereocenters. The highest BCUT2D eigenvalue weighted by Crippen LogP contribution is 2.34. The summed E-state index contributed by atoms with van der Waals surface area (Å²) in [6.07, 6.45) is 5.95. The molecular formula is C18H18O3. The predicted octanol–water partition coefficient (Wildman–Crippen LogP) is 4.21. The zero-order valence-electron chi connectivity index (χ0n) is 12.0. The van der Waals surface area contributed by atoms with E-state index in [1.54, 1.807) is 13.4 Å². The molecule has 1 aromatic carbocycles. The lowest BCUT2D eigenvalue weighted by atomic mass is 9.83. The smallest absolute Gasteiger partial charge is 0.159 e. The first-order valence-electron chi connectivity index (χ1n) is 7.17. The number of ketones is 1. The normalized spacial score (nSPS) is 20.7. The van der Waals surface area contributed by atoms with E-state index in [0.29, 0.717) is 6.42 Å². The highest BCUT2D eigenvalue weighted by Gasteiger charge is 2.26. The van der Waals surface area contributed by atoms with Crippen molar-refractivity contribution in [3.63, 3.8) is 0 Å². The number of methoxy groups -OCH3 is 1. The molecule has 0 bridgehead atoms. The van der Waals surface area contributed by atoms with E-state index in [1.807, 2.05) is 42.5 Å². The summed E-state index contributed by atoms with van der Waals surface area (Å²) in [4.78, 5) is 12.3. The maximum atomic E-state index is 12.3. The van der Waals surface area contributed by atoms with Crippen LogP contribution in [0.2, 0.25) is 0 Å². The summed E-state index contributed by atoms with van der Waals surface area (Å²) in [5.41, 5.74) is 1.94. The van der Waals surface area contributed by atoms with Crippen molar-refractivity contribution in [1.82, 2.24) is 0 Å². The van der Waals surface area contributed by atoms with Crippen molar-refractivity contribution in [2.75, 3.05) is 7.11 Å². The molecule has 21 heavy (non-hydrogen) atoms. The minimum Gasteiger partial charge on any atom is -0.497 e. The second kappa shape index (κ2) is 6.00. The van der Waals surface area contributed by atoms with Crippen molar-refractivity contribution >= 4 is 11.9 Å². The Morgan fingerprint density at radius 3 is 2.67 bits per heavy atom. The van der Waals surface area contributed by atoms with Crippen LogP contribution >= 0.6 is 0 Å².